The molecule has 3 aromatic carbocycles. The van der Waals surface area contributed by atoms with E-state index in [1.165, 1.54) is 30.1 Å². The minimum absolute atomic E-state index is 0.152. The van der Waals surface area contributed by atoms with Gasteiger partial charge in [0.05, 0.1) is 52.7 Å². The van der Waals surface area contributed by atoms with E-state index in [-0.39, 0.29) is 24.3 Å². The number of nitrogens with zero attached hydrogens (tertiary/aromatic N) is 2. The molecule has 45 heavy (non-hydrogen) atoms. The number of esters is 1. The van der Waals surface area contributed by atoms with Gasteiger partial charge in [0.25, 0.3) is 5.56 Å². The van der Waals surface area contributed by atoms with Gasteiger partial charge in [0, 0.05) is 15.1 Å². The number of fused-ring (bicyclic) bond motifs is 1. The first-order valence-corrected chi connectivity index (χ1v) is 16.3. The van der Waals surface area contributed by atoms with Crippen LogP contribution in [0.4, 0.5) is 0 Å². The predicted molar refractivity (Wildman–Crippen MR) is 180 cm³/mol. The molecule has 0 N–H and O–H groups in total. The van der Waals surface area contributed by atoms with Crippen molar-refractivity contribution in [3.63, 3.8) is 0 Å². The van der Waals surface area contributed by atoms with Gasteiger partial charge in [-0.15, -0.1) is 0 Å². The summed E-state index contributed by atoms with van der Waals surface area (Å²) in [6, 6.07) is 13.0. The minimum atomic E-state index is -0.874. The lowest BCUT2D eigenvalue weighted by Gasteiger charge is -2.26. The molecule has 0 saturated carbocycles. The van der Waals surface area contributed by atoms with E-state index in [2.05, 4.69) is 20.9 Å². The van der Waals surface area contributed by atoms with Gasteiger partial charge >= 0.3 is 5.97 Å². The molecular formula is C32H26BrCl3N2O6S. The summed E-state index contributed by atoms with van der Waals surface area (Å²) in [5, 5.41) is 1.33. The first-order chi connectivity index (χ1) is 21.6. The van der Waals surface area contributed by atoms with Gasteiger partial charge in [-0.25, -0.2) is 9.79 Å². The van der Waals surface area contributed by atoms with E-state index in [4.69, 9.17) is 53.8 Å². The SMILES string of the molecule is CCOC(=O)C1=C(C)N=c2s/c(=C\c3cc(Cl)ccc3OCc3ccc(Cl)c(Cl)c3)c(=O)n2[C@H]1c1cc(OC)c(OC)cc1Br. The summed E-state index contributed by atoms with van der Waals surface area (Å²) in [4.78, 5) is 32.6. The maximum atomic E-state index is 14.2. The molecule has 4 aromatic rings. The number of carbonyl (C=O) groups is 1. The van der Waals surface area contributed by atoms with Crippen molar-refractivity contribution in [1.29, 1.82) is 0 Å². The van der Waals surface area contributed by atoms with Crippen molar-refractivity contribution in [3.8, 4) is 17.2 Å². The average Bonchev–Trinajstić information content (AvgIpc) is 3.31. The average molecular weight is 753 g/mol. The lowest BCUT2D eigenvalue weighted by molar-refractivity contribution is -0.139. The monoisotopic (exact) mass is 750 g/mol. The van der Waals surface area contributed by atoms with E-state index in [1.54, 1.807) is 62.4 Å². The molecule has 1 atom stereocenters. The fourth-order valence-electron chi connectivity index (χ4n) is 4.86. The van der Waals surface area contributed by atoms with Crippen LogP contribution in [-0.4, -0.2) is 31.4 Å². The van der Waals surface area contributed by atoms with Crippen molar-refractivity contribution in [2.45, 2.75) is 26.5 Å². The van der Waals surface area contributed by atoms with Crippen LogP contribution < -0.4 is 29.1 Å². The van der Waals surface area contributed by atoms with Crippen LogP contribution in [0.15, 0.2) is 74.1 Å². The van der Waals surface area contributed by atoms with Crippen molar-refractivity contribution in [1.82, 2.24) is 4.57 Å². The molecule has 1 aliphatic heterocycles. The number of rotatable bonds is 9. The zero-order valence-corrected chi connectivity index (χ0v) is 29.1. The molecule has 0 spiro atoms. The standard InChI is InChI=1S/C32H26BrCl3N2O6S/c1-5-43-31(40)28-16(2)37-32-38(29(28)20-13-25(41-3)26(42-4)14-21(20)33)30(39)27(45-32)12-18-11-19(34)7-9-24(18)44-15-17-6-8-22(35)23(36)10-17/h6-14,29H,5,15H2,1-4H3/b27-12-/t29-/m0/s1. The van der Waals surface area contributed by atoms with Crippen LogP contribution in [-0.2, 0) is 16.1 Å². The van der Waals surface area contributed by atoms with Gasteiger partial charge in [-0.2, -0.15) is 0 Å². The molecular weight excluding hydrogens is 727 g/mol. The van der Waals surface area contributed by atoms with E-state index in [0.717, 1.165) is 5.56 Å². The van der Waals surface area contributed by atoms with Gasteiger partial charge in [-0.3, -0.25) is 9.36 Å². The van der Waals surface area contributed by atoms with Crippen molar-refractivity contribution >= 4 is 74.1 Å². The Morgan fingerprint density at radius 1 is 1.02 bits per heavy atom. The van der Waals surface area contributed by atoms with Gasteiger partial charge in [0.15, 0.2) is 16.3 Å². The first-order valence-electron chi connectivity index (χ1n) is 13.5. The third kappa shape index (κ3) is 6.80. The third-order valence-electron chi connectivity index (χ3n) is 6.95. The summed E-state index contributed by atoms with van der Waals surface area (Å²) < 4.78 is 25.0. The molecule has 0 unspecified atom stereocenters. The van der Waals surface area contributed by atoms with E-state index in [9.17, 15) is 9.59 Å². The topological polar surface area (TPSA) is 88.4 Å². The minimum Gasteiger partial charge on any atom is -0.493 e. The highest BCUT2D eigenvalue weighted by Gasteiger charge is 2.35. The zero-order chi connectivity index (χ0) is 32.4. The summed E-state index contributed by atoms with van der Waals surface area (Å²) in [5.74, 6) is 0.832. The second kappa shape index (κ2) is 14.0. The molecule has 0 bridgehead atoms. The Hall–Kier alpha value is -3.28. The Morgan fingerprint density at radius 3 is 2.44 bits per heavy atom. The Bertz CT molecular complexity index is 2020. The maximum Gasteiger partial charge on any atom is 0.338 e. The number of hydrogen-bond acceptors (Lipinski definition) is 8. The first kappa shape index (κ1) is 33.1. The number of thiazole rings is 1. The smallest absolute Gasteiger partial charge is 0.338 e. The van der Waals surface area contributed by atoms with Crippen LogP contribution >= 0.6 is 62.1 Å². The molecule has 5 rings (SSSR count). The number of allylic oxidation sites excluding steroid dienone is 1. The molecule has 13 heteroatoms. The summed E-state index contributed by atoms with van der Waals surface area (Å²) in [6.07, 6.45) is 1.70. The van der Waals surface area contributed by atoms with E-state index >= 15 is 0 Å². The Kier molecular flexibility index (Phi) is 10.3. The molecule has 0 amide bonds. The van der Waals surface area contributed by atoms with Crippen LogP contribution in [0, 0.1) is 0 Å². The fourth-order valence-corrected chi connectivity index (χ4v) is 6.94. The lowest BCUT2D eigenvalue weighted by Crippen LogP contribution is -2.40. The van der Waals surface area contributed by atoms with E-state index < -0.39 is 12.0 Å². The van der Waals surface area contributed by atoms with Gasteiger partial charge in [-0.05, 0) is 73.5 Å². The molecule has 234 valence electrons. The number of methoxy groups -OCH3 is 2. The van der Waals surface area contributed by atoms with Gasteiger partial charge < -0.3 is 18.9 Å². The Balaban J connectivity index is 1.66. The second-order valence-corrected chi connectivity index (χ2v) is 12.9. The maximum absolute atomic E-state index is 14.2. The molecule has 8 nitrogen and oxygen atoms in total. The van der Waals surface area contributed by atoms with Crippen molar-refractivity contribution in [2.24, 2.45) is 4.99 Å². The van der Waals surface area contributed by atoms with Crippen LogP contribution in [0.2, 0.25) is 15.1 Å². The lowest BCUT2D eigenvalue weighted by atomic mass is 9.95. The van der Waals surface area contributed by atoms with Crippen molar-refractivity contribution in [2.75, 3.05) is 20.8 Å². The van der Waals surface area contributed by atoms with Crippen molar-refractivity contribution in [3.05, 3.63) is 116 Å². The van der Waals surface area contributed by atoms with E-state index in [1.807, 2.05) is 6.07 Å². The molecule has 1 aromatic heterocycles. The van der Waals surface area contributed by atoms with Crippen LogP contribution in [0.25, 0.3) is 6.08 Å². The van der Waals surface area contributed by atoms with E-state index in [0.29, 0.717) is 62.9 Å². The number of aromatic nitrogens is 1. The van der Waals surface area contributed by atoms with Gasteiger partial charge in [-0.1, -0.05) is 68.1 Å². The third-order valence-corrected chi connectivity index (χ3v) is 9.60. The Morgan fingerprint density at radius 2 is 1.76 bits per heavy atom. The molecule has 0 fully saturated rings. The summed E-state index contributed by atoms with van der Waals surface area (Å²) in [6.45, 7) is 3.79. The molecule has 0 radical (unpaired) electrons. The second-order valence-electron chi connectivity index (χ2n) is 9.75. The molecule has 1 aliphatic rings. The zero-order valence-electron chi connectivity index (χ0n) is 24.5. The number of carbonyl (C=O) groups excluding carboxylic acids is 1. The fraction of sp³-hybridized carbons (Fsp3) is 0.219. The van der Waals surface area contributed by atoms with Crippen LogP contribution in [0.3, 0.4) is 0 Å². The van der Waals surface area contributed by atoms with Crippen molar-refractivity contribution < 1.29 is 23.7 Å². The van der Waals surface area contributed by atoms with Crippen LogP contribution in [0.1, 0.15) is 36.6 Å². The normalized spacial score (nSPS) is 14.6. The summed E-state index contributed by atoms with van der Waals surface area (Å²) in [5.41, 5.74) is 2.28. The number of hydrogen-bond donors (Lipinski definition) is 0. The molecule has 0 saturated heterocycles. The quantitative estimate of drug-likeness (QED) is 0.169. The summed E-state index contributed by atoms with van der Waals surface area (Å²) in [7, 11) is 3.04. The van der Waals surface area contributed by atoms with Crippen LogP contribution in [0.5, 0.6) is 17.2 Å². The summed E-state index contributed by atoms with van der Waals surface area (Å²) >= 11 is 23.4. The molecule has 0 aliphatic carbocycles. The Labute approximate surface area is 286 Å². The molecule has 2 heterocycles. The van der Waals surface area contributed by atoms with Gasteiger partial charge in [0.1, 0.15) is 12.4 Å². The number of benzene rings is 3. The predicted octanol–water partition coefficient (Wildman–Crippen LogP) is 7.12. The highest BCUT2D eigenvalue weighted by molar-refractivity contribution is 9.10. The largest absolute Gasteiger partial charge is 0.493 e. The number of halogens is 4. The van der Waals surface area contributed by atoms with Gasteiger partial charge in [0.2, 0.25) is 0 Å². The highest BCUT2D eigenvalue weighted by Crippen LogP contribution is 2.41. The number of ether oxygens (including phenoxy) is 4. The highest BCUT2D eigenvalue weighted by atomic mass is 79.9.